The minimum absolute atomic E-state index is 0.277. The van der Waals surface area contributed by atoms with Crippen molar-refractivity contribution in [2.75, 3.05) is 32.9 Å². The summed E-state index contributed by atoms with van der Waals surface area (Å²) in [4.78, 5) is 4.64. The summed E-state index contributed by atoms with van der Waals surface area (Å²) >= 11 is 0. The molecule has 0 aliphatic heterocycles. The molecule has 0 spiro atoms. The van der Waals surface area contributed by atoms with E-state index in [0.29, 0.717) is 44.7 Å². The fourth-order valence-corrected chi connectivity index (χ4v) is 2.85. The van der Waals surface area contributed by atoms with E-state index in [4.69, 9.17) is 13.9 Å². The quantitative estimate of drug-likeness (QED) is 0.279. The van der Waals surface area contributed by atoms with Crippen LogP contribution in [0.25, 0.3) is 0 Å². The van der Waals surface area contributed by atoms with Gasteiger partial charge in [-0.1, -0.05) is 24.3 Å². The largest absolute Gasteiger partial charge is 0.463 e. The molecule has 1 aromatic carbocycles. The van der Waals surface area contributed by atoms with Gasteiger partial charge in [-0.2, -0.15) is 0 Å². The number of aliphatic imine (C=N–C) groups is 1. The van der Waals surface area contributed by atoms with Gasteiger partial charge in [0.2, 0.25) is 0 Å². The van der Waals surface area contributed by atoms with E-state index >= 15 is 0 Å². The summed E-state index contributed by atoms with van der Waals surface area (Å²) in [6, 6.07) is 11.8. The normalized spacial score (nSPS) is 13.8. The number of furan rings is 1. The first-order valence-corrected chi connectivity index (χ1v) is 10.5. The average Bonchev–Trinajstić information content (AvgIpc) is 3.18. The third-order valence-corrected chi connectivity index (χ3v) is 4.47. The zero-order chi connectivity index (χ0) is 21.8. The fraction of sp³-hybridized carbons (Fsp3) is 0.522. The SMILES string of the molecule is CCNC(=NCc1cccc(COCCOCC)c1)NCC(C)(O)c1ccc(C)o1. The van der Waals surface area contributed by atoms with E-state index in [9.17, 15) is 5.11 Å². The molecule has 1 aromatic heterocycles. The van der Waals surface area contributed by atoms with E-state index in [1.807, 2.05) is 45.0 Å². The van der Waals surface area contributed by atoms with Crippen molar-refractivity contribution < 1.29 is 19.0 Å². The maximum Gasteiger partial charge on any atom is 0.191 e. The van der Waals surface area contributed by atoms with Crippen molar-refractivity contribution in [2.24, 2.45) is 4.99 Å². The lowest BCUT2D eigenvalue weighted by Gasteiger charge is -2.22. The molecule has 3 N–H and O–H groups in total. The minimum Gasteiger partial charge on any atom is -0.463 e. The van der Waals surface area contributed by atoms with Gasteiger partial charge in [0.25, 0.3) is 0 Å². The summed E-state index contributed by atoms with van der Waals surface area (Å²) in [5, 5.41) is 17.1. The first-order chi connectivity index (χ1) is 14.4. The Kier molecular flexibility index (Phi) is 9.86. The molecule has 30 heavy (non-hydrogen) atoms. The van der Waals surface area contributed by atoms with Gasteiger partial charge >= 0.3 is 0 Å². The molecule has 0 fully saturated rings. The highest BCUT2D eigenvalue weighted by atomic mass is 16.5. The number of aryl methyl sites for hydroxylation is 1. The van der Waals surface area contributed by atoms with Crippen LogP contribution in [0.5, 0.6) is 0 Å². The van der Waals surface area contributed by atoms with Gasteiger partial charge < -0.3 is 29.6 Å². The van der Waals surface area contributed by atoms with E-state index in [1.165, 1.54) is 0 Å². The number of hydrogen-bond acceptors (Lipinski definition) is 5. The van der Waals surface area contributed by atoms with Crippen molar-refractivity contribution in [3.8, 4) is 0 Å². The number of benzene rings is 1. The summed E-state index contributed by atoms with van der Waals surface area (Å²) in [7, 11) is 0. The Morgan fingerprint density at radius 2 is 1.87 bits per heavy atom. The van der Waals surface area contributed by atoms with Crippen LogP contribution in [-0.2, 0) is 28.2 Å². The number of rotatable bonds is 12. The lowest BCUT2D eigenvalue weighted by molar-refractivity contribution is 0.0378. The zero-order valence-corrected chi connectivity index (χ0v) is 18.5. The Labute approximate surface area is 179 Å². The van der Waals surface area contributed by atoms with Crippen molar-refractivity contribution in [1.29, 1.82) is 0 Å². The fourth-order valence-electron chi connectivity index (χ4n) is 2.85. The summed E-state index contributed by atoms with van der Waals surface area (Å²) in [5.41, 5.74) is 1.06. The van der Waals surface area contributed by atoms with Crippen molar-refractivity contribution in [3.63, 3.8) is 0 Å². The second-order valence-corrected chi connectivity index (χ2v) is 7.30. The number of ether oxygens (including phenoxy) is 2. The topological polar surface area (TPSA) is 88.3 Å². The van der Waals surface area contributed by atoms with Crippen LogP contribution in [0.4, 0.5) is 0 Å². The Morgan fingerprint density at radius 3 is 2.57 bits per heavy atom. The number of nitrogens with zero attached hydrogens (tertiary/aromatic N) is 1. The van der Waals surface area contributed by atoms with Crippen LogP contribution in [0.3, 0.4) is 0 Å². The van der Waals surface area contributed by atoms with Gasteiger partial charge in [-0.25, -0.2) is 4.99 Å². The van der Waals surface area contributed by atoms with Crippen LogP contribution in [0.15, 0.2) is 45.8 Å². The molecular weight excluding hydrogens is 382 g/mol. The molecule has 0 radical (unpaired) electrons. The Balaban J connectivity index is 1.91. The molecule has 2 aromatic rings. The van der Waals surface area contributed by atoms with Crippen LogP contribution in [0.1, 0.15) is 43.4 Å². The zero-order valence-electron chi connectivity index (χ0n) is 18.5. The molecule has 0 amide bonds. The molecule has 0 aliphatic rings. The smallest absolute Gasteiger partial charge is 0.191 e. The average molecular weight is 418 g/mol. The van der Waals surface area contributed by atoms with Crippen LogP contribution >= 0.6 is 0 Å². The highest BCUT2D eigenvalue weighted by Crippen LogP contribution is 2.21. The number of aliphatic hydroxyl groups is 1. The highest BCUT2D eigenvalue weighted by molar-refractivity contribution is 5.79. The molecule has 0 aliphatic carbocycles. The molecule has 2 rings (SSSR count). The second kappa shape index (κ2) is 12.4. The molecule has 0 saturated carbocycles. The van der Waals surface area contributed by atoms with Crippen LogP contribution in [-0.4, -0.2) is 44.0 Å². The Morgan fingerprint density at radius 1 is 1.10 bits per heavy atom. The van der Waals surface area contributed by atoms with Crippen LogP contribution in [0.2, 0.25) is 0 Å². The molecule has 0 saturated heterocycles. The van der Waals surface area contributed by atoms with E-state index < -0.39 is 5.60 Å². The first-order valence-electron chi connectivity index (χ1n) is 10.5. The molecule has 0 bridgehead atoms. The number of nitrogens with one attached hydrogen (secondary N) is 2. The first kappa shape index (κ1) is 23.9. The molecule has 1 heterocycles. The number of hydrogen-bond donors (Lipinski definition) is 3. The molecule has 166 valence electrons. The molecule has 1 unspecified atom stereocenters. The van der Waals surface area contributed by atoms with Gasteiger partial charge in [-0.15, -0.1) is 0 Å². The Hall–Kier alpha value is -2.35. The van der Waals surface area contributed by atoms with Crippen molar-refractivity contribution in [3.05, 3.63) is 59.0 Å². The van der Waals surface area contributed by atoms with Gasteiger partial charge in [-0.05, 0) is 51.0 Å². The van der Waals surface area contributed by atoms with Gasteiger partial charge in [0.1, 0.15) is 17.1 Å². The van der Waals surface area contributed by atoms with Gasteiger partial charge in [0.05, 0.1) is 32.9 Å². The standard InChI is InChI=1S/C23H35N3O4/c1-5-24-22(26-17-23(4,27)21-11-10-18(3)30-21)25-15-19-8-7-9-20(14-19)16-29-13-12-28-6-2/h7-11,14,27H,5-6,12-13,15-17H2,1-4H3,(H2,24,25,26). The third-order valence-electron chi connectivity index (χ3n) is 4.47. The predicted molar refractivity (Wildman–Crippen MR) is 118 cm³/mol. The maximum atomic E-state index is 10.7. The van der Waals surface area contributed by atoms with Crippen molar-refractivity contribution >= 4 is 5.96 Å². The lowest BCUT2D eigenvalue weighted by Crippen LogP contribution is -2.44. The Bertz CT molecular complexity index is 786. The molecule has 7 nitrogen and oxygen atoms in total. The molecule has 1 atom stereocenters. The highest BCUT2D eigenvalue weighted by Gasteiger charge is 2.27. The van der Waals surface area contributed by atoms with Gasteiger partial charge in [0, 0.05) is 13.2 Å². The van der Waals surface area contributed by atoms with E-state index in [-0.39, 0.29) is 6.54 Å². The molecule has 7 heteroatoms. The van der Waals surface area contributed by atoms with Crippen molar-refractivity contribution in [2.45, 2.75) is 46.4 Å². The maximum absolute atomic E-state index is 10.7. The third kappa shape index (κ3) is 8.18. The van der Waals surface area contributed by atoms with E-state index in [2.05, 4.69) is 21.7 Å². The minimum atomic E-state index is -1.14. The van der Waals surface area contributed by atoms with E-state index in [0.717, 1.165) is 23.4 Å². The summed E-state index contributed by atoms with van der Waals surface area (Å²) in [6.45, 7) is 11.5. The van der Waals surface area contributed by atoms with E-state index in [1.54, 1.807) is 13.0 Å². The molecular formula is C23H35N3O4. The predicted octanol–water partition coefficient (Wildman–Crippen LogP) is 3.10. The summed E-state index contributed by atoms with van der Waals surface area (Å²) in [6.07, 6.45) is 0. The van der Waals surface area contributed by atoms with Crippen LogP contribution in [0, 0.1) is 6.92 Å². The summed E-state index contributed by atoms with van der Waals surface area (Å²) in [5.74, 6) is 1.94. The van der Waals surface area contributed by atoms with Crippen molar-refractivity contribution in [1.82, 2.24) is 10.6 Å². The van der Waals surface area contributed by atoms with Gasteiger partial charge in [-0.3, -0.25) is 0 Å². The van der Waals surface area contributed by atoms with Gasteiger partial charge in [0.15, 0.2) is 5.96 Å². The lowest BCUT2D eigenvalue weighted by atomic mass is 10.0. The van der Waals surface area contributed by atoms with Crippen LogP contribution < -0.4 is 10.6 Å². The second-order valence-electron chi connectivity index (χ2n) is 7.30. The number of guanidine groups is 1. The monoisotopic (exact) mass is 417 g/mol. The summed E-state index contributed by atoms with van der Waals surface area (Å²) < 4.78 is 16.5.